The molecule has 1 fully saturated rings. The maximum Gasteiger partial charge on any atom is 0.420 e. The largest absolute Gasteiger partial charge is 0.420 e. The molecule has 1 saturated carbocycles. The molecule has 2 heterocycles. The summed E-state index contributed by atoms with van der Waals surface area (Å²) >= 11 is 0. The molecule has 34 heavy (non-hydrogen) atoms. The molecule has 0 unspecified atom stereocenters. The number of hydrogen-bond acceptors (Lipinski definition) is 6. The first-order valence-electron chi connectivity index (χ1n) is 11.5. The number of benzene rings is 2. The van der Waals surface area contributed by atoms with Crippen molar-refractivity contribution >= 4 is 28.3 Å². The van der Waals surface area contributed by atoms with Crippen molar-refractivity contribution in [2.75, 3.05) is 11.1 Å². The van der Waals surface area contributed by atoms with Crippen LogP contribution < -0.4 is 21.1 Å². The van der Waals surface area contributed by atoms with Crippen molar-refractivity contribution in [1.82, 2.24) is 20.1 Å². The van der Waals surface area contributed by atoms with Gasteiger partial charge >= 0.3 is 12.1 Å². The number of nitrogen functional groups attached to an aromatic ring is 1. The second-order valence-corrected chi connectivity index (χ2v) is 8.92. The summed E-state index contributed by atoms with van der Waals surface area (Å²) in [6.07, 6.45) is 3.49. The Hall–Kier alpha value is -4.01. The van der Waals surface area contributed by atoms with Gasteiger partial charge in [0.05, 0.1) is 16.9 Å². The first-order valence-corrected chi connectivity index (χ1v) is 11.5. The minimum atomic E-state index is -0.227. The van der Waals surface area contributed by atoms with E-state index in [1.165, 1.54) is 6.42 Å². The molecule has 9 nitrogen and oxygen atoms in total. The number of aryl methyl sites for hydroxylation is 1. The van der Waals surface area contributed by atoms with Crippen LogP contribution in [0.5, 0.6) is 11.8 Å². The standard InChI is InChI=1S/C25H28N6O3/c1-14(2)27-24(32)28-17-9-7-16(8-10-17)23-22(26)20-12-11-19(34-25-30-29-15(3)33-25)13-21(20)31(23)18-5-4-6-18/h7-14,18H,4-6,26H2,1-3H3,(H2,27,28,32). The number of ether oxygens (including phenoxy) is 1. The van der Waals surface area contributed by atoms with Crippen LogP contribution in [0.4, 0.5) is 16.2 Å². The third kappa shape index (κ3) is 4.16. The van der Waals surface area contributed by atoms with Crippen molar-refractivity contribution in [2.45, 2.75) is 52.1 Å². The van der Waals surface area contributed by atoms with Gasteiger partial charge in [-0.1, -0.05) is 17.2 Å². The number of hydrogen-bond donors (Lipinski definition) is 3. The number of urea groups is 1. The second-order valence-electron chi connectivity index (χ2n) is 8.92. The quantitative estimate of drug-likeness (QED) is 0.343. The van der Waals surface area contributed by atoms with Crippen molar-refractivity contribution in [3.05, 3.63) is 48.4 Å². The van der Waals surface area contributed by atoms with Crippen LogP contribution in [-0.4, -0.2) is 26.8 Å². The fourth-order valence-corrected chi connectivity index (χ4v) is 4.26. The van der Waals surface area contributed by atoms with Crippen LogP contribution in [0.25, 0.3) is 22.2 Å². The lowest BCUT2D eigenvalue weighted by atomic mass is 9.92. The molecule has 0 atom stereocenters. The Balaban J connectivity index is 1.51. The number of fused-ring (bicyclic) bond motifs is 1. The van der Waals surface area contributed by atoms with Gasteiger partial charge in [0.15, 0.2) is 0 Å². The van der Waals surface area contributed by atoms with Crippen LogP contribution in [0, 0.1) is 6.92 Å². The Labute approximate surface area is 197 Å². The fourth-order valence-electron chi connectivity index (χ4n) is 4.26. The van der Waals surface area contributed by atoms with E-state index in [9.17, 15) is 4.79 Å². The molecular weight excluding hydrogens is 432 g/mol. The van der Waals surface area contributed by atoms with Gasteiger partial charge in [0.25, 0.3) is 0 Å². The number of anilines is 2. The molecule has 4 aromatic rings. The number of rotatable bonds is 6. The summed E-state index contributed by atoms with van der Waals surface area (Å²) in [7, 11) is 0. The van der Waals surface area contributed by atoms with Crippen molar-refractivity contribution in [2.24, 2.45) is 0 Å². The number of aromatic nitrogens is 3. The molecule has 5 rings (SSSR count). The molecule has 0 radical (unpaired) electrons. The Bertz CT molecular complexity index is 1330. The zero-order valence-electron chi connectivity index (χ0n) is 19.5. The average molecular weight is 461 g/mol. The molecule has 0 saturated heterocycles. The van der Waals surface area contributed by atoms with Gasteiger partial charge in [0, 0.05) is 41.7 Å². The van der Waals surface area contributed by atoms with E-state index in [0.717, 1.165) is 46.4 Å². The SMILES string of the molecule is Cc1nnc(Oc2ccc3c(N)c(-c4ccc(NC(=O)NC(C)C)cc4)n(C4CCC4)c3c2)o1. The van der Waals surface area contributed by atoms with Gasteiger partial charge in [-0.25, -0.2) is 4.79 Å². The highest BCUT2D eigenvalue weighted by atomic mass is 16.6. The summed E-state index contributed by atoms with van der Waals surface area (Å²) in [5.41, 5.74) is 11.1. The van der Waals surface area contributed by atoms with Crippen molar-refractivity contribution in [3.63, 3.8) is 0 Å². The van der Waals surface area contributed by atoms with Crippen molar-refractivity contribution in [3.8, 4) is 23.1 Å². The predicted octanol–water partition coefficient (Wildman–Crippen LogP) is 5.63. The maximum absolute atomic E-state index is 12.0. The third-order valence-corrected chi connectivity index (χ3v) is 6.00. The van der Waals surface area contributed by atoms with Crippen LogP contribution in [-0.2, 0) is 0 Å². The number of nitrogens with one attached hydrogen (secondary N) is 2. The summed E-state index contributed by atoms with van der Waals surface area (Å²) < 4.78 is 13.5. The molecule has 0 aliphatic heterocycles. The van der Waals surface area contributed by atoms with Crippen LogP contribution in [0.2, 0.25) is 0 Å². The maximum atomic E-state index is 12.0. The molecule has 2 amide bonds. The van der Waals surface area contributed by atoms with Gasteiger partial charge in [-0.2, -0.15) is 0 Å². The van der Waals surface area contributed by atoms with Crippen LogP contribution in [0.15, 0.2) is 46.9 Å². The molecule has 0 bridgehead atoms. The van der Waals surface area contributed by atoms with Gasteiger partial charge in [0.2, 0.25) is 5.89 Å². The first kappa shape index (κ1) is 21.8. The van der Waals surface area contributed by atoms with Crippen LogP contribution in [0.1, 0.15) is 45.0 Å². The molecule has 2 aromatic carbocycles. The zero-order chi connectivity index (χ0) is 23.8. The Morgan fingerprint density at radius 2 is 1.94 bits per heavy atom. The minimum Gasteiger partial charge on any atom is -0.410 e. The summed E-state index contributed by atoms with van der Waals surface area (Å²) in [4.78, 5) is 12.0. The van der Waals surface area contributed by atoms with E-state index in [1.807, 2.05) is 56.3 Å². The summed E-state index contributed by atoms with van der Waals surface area (Å²) in [5.74, 6) is 1.05. The molecule has 176 valence electrons. The van der Waals surface area contributed by atoms with Crippen LogP contribution >= 0.6 is 0 Å². The zero-order valence-corrected chi connectivity index (χ0v) is 19.5. The summed E-state index contributed by atoms with van der Waals surface area (Å²) in [6, 6.07) is 13.8. The van der Waals surface area contributed by atoms with E-state index in [1.54, 1.807) is 6.92 Å². The smallest absolute Gasteiger partial charge is 0.410 e. The third-order valence-electron chi connectivity index (χ3n) is 6.00. The normalized spacial score (nSPS) is 13.8. The monoisotopic (exact) mass is 460 g/mol. The van der Waals surface area contributed by atoms with Crippen LogP contribution in [0.3, 0.4) is 0 Å². The minimum absolute atomic E-state index is 0.0648. The van der Waals surface area contributed by atoms with Gasteiger partial charge in [-0.05, 0) is 57.4 Å². The molecule has 0 spiro atoms. The van der Waals surface area contributed by atoms with Crippen molar-refractivity contribution < 1.29 is 13.9 Å². The van der Waals surface area contributed by atoms with E-state index in [-0.39, 0.29) is 18.1 Å². The molecule has 2 aromatic heterocycles. The van der Waals surface area contributed by atoms with Gasteiger partial charge in [-0.15, -0.1) is 5.10 Å². The molecule has 1 aliphatic rings. The van der Waals surface area contributed by atoms with E-state index in [4.69, 9.17) is 14.9 Å². The van der Waals surface area contributed by atoms with E-state index in [2.05, 4.69) is 25.4 Å². The Morgan fingerprint density at radius 1 is 1.18 bits per heavy atom. The first-order chi connectivity index (χ1) is 16.4. The number of carbonyl (C=O) groups is 1. The number of amides is 2. The lowest BCUT2D eigenvalue weighted by Crippen LogP contribution is -2.34. The van der Waals surface area contributed by atoms with E-state index in [0.29, 0.717) is 17.7 Å². The van der Waals surface area contributed by atoms with Gasteiger partial charge in [-0.3, -0.25) is 0 Å². The highest BCUT2D eigenvalue weighted by Crippen LogP contribution is 2.45. The van der Waals surface area contributed by atoms with E-state index < -0.39 is 0 Å². The summed E-state index contributed by atoms with van der Waals surface area (Å²) in [6.45, 7) is 5.56. The fraction of sp³-hybridized carbons (Fsp3) is 0.320. The number of carbonyl (C=O) groups excluding carboxylic acids is 1. The molecular formula is C25H28N6O3. The average Bonchev–Trinajstić information content (AvgIpc) is 3.28. The summed E-state index contributed by atoms with van der Waals surface area (Å²) in [5, 5.41) is 14.4. The lowest BCUT2D eigenvalue weighted by Gasteiger charge is -2.30. The molecule has 9 heteroatoms. The van der Waals surface area contributed by atoms with Crippen molar-refractivity contribution in [1.29, 1.82) is 0 Å². The highest BCUT2D eigenvalue weighted by Gasteiger charge is 2.27. The van der Waals surface area contributed by atoms with E-state index >= 15 is 0 Å². The molecule has 4 N–H and O–H groups in total. The highest BCUT2D eigenvalue weighted by molar-refractivity contribution is 6.02. The topological polar surface area (TPSA) is 120 Å². The van der Waals surface area contributed by atoms with Gasteiger partial charge in [0.1, 0.15) is 5.75 Å². The number of nitrogens with two attached hydrogens (primary N) is 1. The van der Waals surface area contributed by atoms with Gasteiger partial charge < -0.3 is 30.1 Å². The lowest BCUT2D eigenvalue weighted by molar-refractivity contribution is 0.250. The Kier molecular flexibility index (Phi) is 5.61. The molecule has 1 aliphatic carbocycles. The Morgan fingerprint density at radius 3 is 2.56 bits per heavy atom. The predicted molar refractivity (Wildman–Crippen MR) is 131 cm³/mol. The second kappa shape index (κ2) is 8.74. The number of nitrogens with zero attached hydrogens (tertiary/aromatic N) is 3.